The highest BCUT2D eigenvalue weighted by atomic mass is 16.1. The van der Waals surface area contributed by atoms with E-state index in [1.807, 2.05) is 42.0 Å². The topological polar surface area (TPSA) is 47.8 Å². The van der Waals surface area contributed by atoms with Crippen molar-refractivity contribution in [3.05, 3.63) is 60.3 Å². The van der Waals surface area contributed by atoms with E-state index in [-0.39, 0.29) is 5.78 Å². The average molecular weight is 251 g/mol. The Labute approximate surface area is 110 Å². The van der Waals surface area contributed by atoms with E-state index in [0.717, 1.165) is 17.4 Å². The van der Waals surface area contributed by atoms with Gasteiger partial charge >= 0.3 is 0 Å². The highest BCUT2D eigenvalue weighted by Gasteiger charge is 2.17. The van der Waals surface area contributed by atoms with Gasteiger partial charge in [0.2, 0.25) is 5.78 Å². The molecule has 4 heteroatoms. The second-order valence-electron chi connectivity index (χ2n) is 4.24. The van der Waals surface area contributed by atoms with Crippen molar-refractivity contribution in [1.29, 1.82) is 0 Å². The molecule has 0 aliphatic carbocycles. The Kier molecular flexibility index (Phi) is 2.83. The van der Waals surface area contributed by atoms with Crippen molar-refractivity contribution < 1.29 is 4.79 Å². The standard InChI is InChI=1S/C15H13N3O/c1-2-18-10-9-17-15(18)14(19)12-7-8-16-13-6-4-3-5-11(12)13/h3-10H,2H2,1H3. The molecule has 0 radical (unpaired) electrons. The largest absolute Gasteiger partial charge is 0.328 e. The van der Waals surface area contributed by atoms with Gasteiger partial charge in [0, 0.05) is 36.1 Å². The summed E-state index contributed by atoms with van der Waals surface area (Å²) in [5.74, 6) is 0.407. The normalized spacial score (nSPS) is 10.8. The number of ketones is 1. The number of fused-ring (bicyclic) bond motifs is 1. The van der Waals surface area contributed by atoms with Gasteiger partial charge in [0.25, 0.3) is 0 Å². The SMILES string of the molecule is CCn1ccnc1C(=O)c1ccnc2ccccc12. The van der Waals surface area contributed by atoms with Crippen molar-refractivity contribution in [2.45, 2.75) is 13.5 Å². The van der Waals surface area contributed by atoms with Crippen LogP contribution in [0.2, 0.25) is 0 Å². The fourth-order valence-corrected chi connectivity index (χ4v) is 2.19. The predicted molar refractivity (Wildman–Crippen MR) is 73.1 cm³/mol. The summed E-state index contributed by atoms with van der Waals surface area (Å²) in [6, 6.07) is 9.39. The molecule has 4 nitrogen and oxygen atoms in total. The van der Waals surface area contributed by atoms with Crippen LogP contribution in [-0.2, 0) is 6.54 Å². The summed E-state index contributed by atoms with van der Waals surface area (Å²) in [4.78, 5) is 21.0. The lowest BCUT2D eigenvalue weighted by Gasteiger charge is -2.06. The van der Waals surface area contributed by atoms with Gasteiger partial charge in [0.15, 0.2) is 5.82 Å². The minimum Gasteiger partial charge on any atom is -0.328 e. The molecule has 0 unspecified atom stereocenters. The van der Waals surface area contributed by atoms with Crippen molar-refractivity contribution in [3.63, 3.8) is 0 Å². The maximum absolute atomic E-state index is 12.6. The summed E-state index contributed by atoms with van der Waals surface area (Å²) in [5.41, 5.74) is 1.47. The average Bonchev–Trinajstić information content (AvgIpc) is 2.94. The molecule has 0 fully saturated rings. The van der Waals surface area contributed by atoms with E-state index in [4.69, 9.17) is 0 Å². The van der Waals surface area contributed by atoms with Crippen molar-refractivity contribution >= 4 is 16.7 Å². The Morgan fingerprint density at radius 3 is 2.84 bits per heavy atom. The quantitative estimate of drug-likeness (QED) is 0.672. The molecule has 0 spiro atoms. The molecule has 0 atom stereocenters. The molecule has 19 heavy (non-hydrogen) atoms. The number of benzene rings is 1. The van der Waals surface area contributed by atoms with E-state index in [0.29, 0.717) is 11.4 Å². The van der Waals surface area contributed by atoms with Gasteiger partial charge in [-0.2, -0.15) is 0 Å². The van der Waals surface area contributed by atoms with Crippen LogP contribution in [0.25, 0.3) is 10.9 Å². The second-order valence-corrected chi connectivity index (χ2v) is 4.24. The Morgan fingerprint density at radius 1 is 1.16 bits per heavy atom. The van der Waals surface area contributed by atoms with E-state index >= 15 is 0 Å². The maximum Gasteiger partial charge on any atom is 0.229 e. The molecule has 0 amide bonds. The van der Waals surface area contributed by atoms with E-state index in [2.05, 4.69) is 9.97 Å². The molecule has 0 saturated carbocycles. The molecule has 1 aromatic carbocycles. The second kappa shape index (κ2) is 4.65. The third-order valence-corrected chi connectivity index (χ3v) is 3.15. The molecule has 0 aliphatic rings. The first kappa shape index (κ1) is 11.6. The van der Waals surface area contributed by atoms with Crippen LogP contribution in [0.5, 0.6) is 0 Å². The first-order valence-electron chi connectivity index (χ1n) is 6.21. The summed E-state index contributed by atoms with van der Waals surface area (Å²) in [5, 5.41) is 0.862. The smallest absolute Gasteiger partial charge is 0.229 e. The number of carbonyl (C=O) groups is 1. The molecule has 0 aliphatic heterocycles. The molecule has 3 rings (SSSR count). The fourth-order valence-electron chi connectivity index (χ4n) is 2.19. The lowest BCUT2D eigenvalue weighted by molar-refractivity contribution is 0.102. The predicted octanol–water partition coefficient (Wildman–Crippen LogP) is 2.68. The number of para-hydroxylation sites is 1. The van der Waals surface area contributed by atoms with E-state index in [9.17, 15) is 4.79 Å². The van der Waals surface area contributed by atoms with Crippen LogP contribution in [0, 0.1) is 0 Å². The zero-order valence-electron chi connectivity index (χ0n) is 10.6. The zero-order chi connectivity index (χ0) is 13.2. The Hall–Kier alpha value is -2.49. The van der Waals surface area contributed by atoms with Crippen LogP contribution in [0.15, 0.2) is 48.9 Å². The molecule has 3 aromatic rings. The fraction of sp³-hybridized carbons (Fsp3) is 0.133. The highest BCUT2D eigenvalue weighted by molar-refractivity contribution is 6.14. The summed E-state index contributed by atoms with van der Waals surface area (Å²) < 4.78 is 1.84. The van der Waals surface area contributed by atoms with Gasteiger partial charge < -0.3 is 4.57 Å². The van der Waals surface area contributed by atoms with Crippen LogP contribution in [-0.4, -0.2) is 20.3 Å². The lowest BCUT2D eigenvalue weighted by atomic mass is 10.1. The summed E-state index contributed by atoms with van der Waals surface area (Å²) in [6.07, 6.45) is 5.13. The summed E-state index contributed by atoms with van der Waals surface area (Å²) in [7, 11) is 0. The highest BCUT2D eigenvalue weighted by Crippen LogP contribution is 2.19. The number of aromatic nitrogens is 3. The van der Waals surface area contributed by atoms with E-state index in [1.165, 1.54) is 0 Å². The lowest BCUT2D eigenvalue weighted by Crippen LogP contribution is -2.11. The Balaban J connectivity index is 2.17. The van der Waals surface area contributed by atoms with Crippen LogP contribution < -0.4 is 0 Å². The van der Waals surface area contributed by atoms with Crippen LogP contribution in [0.1, 0.15) is 23.1 Å². The van der Waals surface area contributed by atoms with Gasteiger partial charge in [-0.15, -0.1) is 0 Å². The summed E-state index contributed by atoms with van der Waals surface area (Å²) in [6.45, 7) is 2.72. The third kappa shape index (κ3) is 1.91. The number of pyridine rings is 1. The van der Waals surface area contributed by atoms with E-state index in [1.54, 1.807) is 18.5 Å². The van der Waals surface area contributed by atoms with Gasteiger partial charge in [-0.05, 0) is 19.1 Å². The minimum atomic E-state index is -0.0644. The number of carbonyl (C=O) groups excluding carboxylic acids is 1. The number of imidazole rings is 1. The van der Waals surface area contributed by atoms with Crippen LogP contribution >= 0.6 is 0 Å². The molecule has 0 N–H and O–H groups in total. The van der Waals surface area contributed by atoms with Gasteiger partial charge in [0.1, 0.15) is 0 Å². The molecular weight excluding hydrogens is 238 g/mol. The first-order chi connectivity index (χ1) is 9.31. The van der Waals surface area contributed by atoms with Crippen molar-refractivity contribution in [1.82, 2.24) is 14.5 Å². The number of hydrogen-bond acceptors (Lipinski definition) is 3. The Bertz CT molecular complexity index is 740. The van der Waals surface area contributed by atoms with Gasteiger partial charge in [0.05, 0.1) is 5.52 Å². The monoisotopic (exact) mass is 251 g/mol. The molecule has 0 bridgehead atoms. The summed E-state index contributed by atoms with van der Waals surface area (Å²) >= 11 is 0. The van der Waals surface area contributed by atoms with Gasteiger partial charge in [-0.3, -0.25) is 9.78 Å². The van der Waals surface area contributed by atoms with Gasteiger partial charge in [-0.25, -0.2) is 4.98 Å². The van der Waals surface area contributed by atoms with Crippen molar-refractivity contribution in [2.75, 3.05) is 0 Å². The Morgan fingerprint density at radius 2 is 2.00 bits per heavy atom. The molecular formula is C15H13N3O. The molecule has 0 saturated heterocycles. The van der Waals surface area contributed by atoms with Crippen molar-refractivity contribution in [3.8, 4) is 0 Å². The number of rotatable bonds is 3. The zero-order valence-corrected chi connectivity index (χ0v) is 10.6. The van der Waals surface area contributed by atoms with Crippen molar-refractivity contribution in [2.24, 2.45) is 0 Å². The number of nitrogens with zero attached hydrogens (tertiary/aromatic N) is 3. The number of aryl methyl sites for hydroxylation is 1. The first-order valence-corrected chi connectivity index (χ1v) is 6.21. The van der Waals surface area contributed by atoms with Gasteiger partial charge in [-0.1, -0.05) is 18.2 Å². The van der Waals surface area contributed by atoms with Crippen LogP contribution in [0.3, 0.4) is 0 Å². The maximum atomic E-state index is 12.6. The third-order valence-electron chi connectivity index (χ3n) is 3.15. The van der Waals surface area contributed by atoms with E-state index < -0.39 is 0 Å². The molecule has 94 valence electrons. The van der Waals surface area contributed by atoms with Crippen LogP contribution in [0.4, 0.5) is 0 Å². The number of hydrogen-bond donors (Lipinski definition) is 0. The molecule has 2 aromatic heterocycles. The molecule has 2 heterocycles. The minimum absolute atomic E-state index is 0.0644.